The molecule has 0 aromatic carbocycles. The molecule has 1 aliphatic heterocycles. The van der Waals surface area contributed by atoms with Gasteiger partial charge in [-0.1, -0.05) is 6.92 Å². The van der Waals surface area contributed by atoms with Crippen LogP contribution in [0.5, 0.6) is 0 Å². The molecule has 1 atom stereocenters. The van der Waals surface area contributed by atoms with Crippen LogP contribution < -0.4 is 11.1 Å². The van der Waals surface area contributed by atoms with Crippen LogP contribution in [-0.4, -0.2) is 60.4 Å². The smallest absolute Gasteiger partial charge is 0.255 e. The van der Waals surface area contributed by atoms with Crippen molar-refractivity contribution in [3.63, 3.8) is 0 Å². The molecular weight excluding hydrogens is 392 g/mol. The van der Waals surface area contributed by atoms with Crippen molar-refractivity contribution in [1.29, 1.82) is 0 Å². The van der Waals surface area contributed by atoms with Gasteiger partial charge >= 0.3 is 0 Å². The molecule has 0 saturated carbocycles. The van der Waals surface area contributed by atoms with Crippen LogP contribution in [0.25, 0.3) is 16.8 Å². The van der Waals surface area contributed by atoms with Gasteiger partial charge in [-0.2, -0.15) is 10.1 Å². The van der Waals surface area contributed by atoms with E-state index in [2.05, 4.69) is 50.1 Å². The molecule has 4 rings (SSSR count). The van der Waals surface area contributed by atoms with Crippen LogP contribution in [0.1, 0.15) is 63.4 Å². The van der Waals surface area contributed by atoms with E-state index in [9.17, 15) is 4.79 Å². The molecule has 0 unspecified atom stereocenters. The second kappa shape index (κ2) is 8.66. The zero-order chi connectivity index (χ0) is 22.1. The van der Waals surface area contributed by atoms with Gasteiger partial charge in [0, 0.05) is 48.7 Å². The van der Waals surface area contributed by atoms with Crippen LogP contribution in [0.3, 0.4) is 0 Å². The fraction of sp³-hybridized carbons (Fsp3) is 0.545. The molecule has 3 aromatic heterocycles. The quantitative estimate of drug-likeness (QED) is 0.630. The molecule has 166 valence electrons. The lowest BCUT2D eigenvalue weighted by Crippen LogP contribution is -2.39. The molecule has 0 spiro atoms. The molecule has 1 amide bonds. The van der Waals surface area contributed by atoms with Gasteiger partial charge in [0.25, 0.3) is 5.91 Å². The van der Waals surface area contributed by atoms with E-state index in [1.165, 1.54) is 0 Å². The van der Waals surface area contributed by atoms with Gasteiger partial charge in [-0.3, -0.25) is 9.48 Å². The molecule has 0 aliphatic carbocycles. The average Bonchev–Trinajstić information content (AvgIpc) is 3.38. The topological polar surface area (TPSA) is 106 Å². The van der Waals surface area contributed by atoms with E-state index in [1.807, 2.05) is 32.3 Å². The Morgan fingerprint density at radius 2 is 1.97 bits per heavy atom. The molecule has 1 saturated heterocycles. The first-order valence-corrected chi connectivity index (χ1v) is 11.1. The fourth-order valence-corrected chi connectivity index (χ4v) is 4.08. The average molecular weight is 425 g/mol. The van der Waals surface area contributed by atoms with Crippen LogP contribution >= 0.6 is 0 Å². The number of aromatic nitrogens is 5. The first-order chi connectivity index (χ1) is 14.9. The van der Waals surface area contributed by atoms with E-state index < -0.39 is 0 Å². The minimum Gasteiger partial charge on any atom is -0.366 e. The van der Waals surface area contributed by atoms with Crippen LogP contribution in [0.4, 0.5) is 5.95 Å². The Hall–Kier alpha value is -2.94. The summed E-state index contributed by atoms with van der Waals surface area (Å²) < 4.78 is 3.64. The Labute approximate surface area is 182 Å². The normalized spacial score (nSPS) is 16.8. The molecule has 31 heavy (non-hydrogen) atoms. The summed E-state index contributed by atoms with van der Waals surface area (Å²) in [6.07, 6.45) is 8.78. The molecule has 9 heteroatoms. The van der Waals surface area contributed by atoms with Gasteiger partial charge in [0.1, 0.15) is 0 Å². The molecule has 9 nitrogen and oxygen atoms in total. The molecular formula is C22H32N8O. The summed E-state index contributed by atoms with van der Waals surface area (Å²) in [7, 11) is 0. The Balaban J connectivity index is 1.62. The highest BCUT2D eigenvalue weighted by Crippen LogP contribution is 2.27. The summed E-state index contributed by atoms with van der Waals surface area (Å²) in [4.78, 5) is 19.7. The van der Waals surface area contributed by atoms with Gasteiger partial charge in [0.15, 0.2) is 5.65 Å². The highest BCUT2D eigenvalue weighted by Gasteiger charge is 2.23. The van der Waals surface area contributed by atoms with Crippen molar-refractivity contribution in [3.05, 3.63) is 30.2 Å². The molecule has 4 heterocycles. The lowest BCUT2D eigenvalue weighted by molar-refractivity contribution is 0.0940. The maximum absolute atomic E-state index is 12.9. The van der Waals surface area contributed by atoms with Gasteiger partial charge in [-0.05, 0) is 46.1 Å². The van der Waals surface area contributed by atoms with Crippen LogP contribution in [0.15, 0.2) is 24.7 Å². The first kappa shape index (κ1) is 21.3. The van der Waals surface area contributed by atoms with Crippen molar-refractivity contribution in [2.24, 2.45) is 0 Å². The van der Waals surface area contributed by atoms with Crippen LogP contribution in [0, 0.1) is 0 Å². The number of carbonyl (C=O) groups excluding carboxylic acids is 1. The van der Waals surface area contributed by atoms with Crippen LogP contribution in [-0.2, 0) is 0 Å². The largest absolute Gasteiger partial charge is 0.366 e. The van der Waals surface area contributed by atoms with E-state index >= 15 is 0 Å². The molecule has 0 bridgehead atoms. The highest BCUT2D eigenvalue weighted by atomic mass is 16.1. The van der Waals surface area contributed by atoms with E-state index in [-0.39, 0.29) is 17.9 Å². The van der Waals surface area contributed by atoms with E-state index in [0.29, 0.717) is 23.3 Å². The number of fused-ring (bicyclic) bond motifs is 1. The van der Waals surface area contributed by atoms with Crippen molar-refractivity contribution < 1.29 is 4.79 Å². The van der Waals surface area contributed by atoms with Gasteiger partial charge in [0.05, 0.1) is 17.8 Å². The Morgan fingerprint density at radius 1 is 1.23 bits per heavy atom. The third kappa shape index (κ3) is 4.41. The standard InChI is InChI=1S/C22H32N8O/c1-5-15(4)25-21(31)19-10-16(12-30-20(19)26-22(23)27-30)17-11-24-29(13-17)18-6-8-28(9-7-18)14(2)3/h10-15,18H,5-9H2,1-4H3,(H2,23,27)(H,25,31)/t15-/m0/s1. The lowest BCUT2D eigenvalue weighted by Gasteiger charge is -2.34. The summed E-state index contributed by atoms with van der Waals surface area (Å²) in [5.74, 6) is -0.0376. The highest BCUT2D eigenvalue weighted by molar-refractivity contribution is 6.01. The summed E-state index contributed by atoms with van der Waals surface area (Å²) in [5, 5.41) is 11.9. The van der Waals surface area contributed by atoms with Gasteiger partial charge < -0.3 is 16.0 Å². The molecule has 3 N–H and O–H groups in total. The number of carbonyl (C=O) groups is 1. The number of likely N-dealkylation sites (tertiary alicyclic amines) is 1. The number of nitrogen functional groups attached to an aromatic ring is 1. The summed E-state index contributed by atoms with van der Waals surface area (Å²) in [5.41, 5.74) is 8.53. The number of piperidine rings is 1. The SMILES string of the molecule is CC[C@H](C)NC(=O)c1cc(-c2cnn(C3CCN(C(C)C)CC3)c2)cn2nc(N)nc12. The Morgan fingerprint density at radius 3 is 2.65 bits per heavy atom. The number of anilines is 1. The number of nitrogens with zero attached hydrogens (tertiary/aromatic N) is 6. The number of nitrogens with two attached hydrogens (primary N) is 1. The number of nitrogens with one attached hydrogen (secondary N) is 1. The number of rotatable bonds is 6. The minimum absolute atomic E-state index is 0.0657. The fourth-order valence-electron chi connectivity index (χ4n) is 4.08. The second-order valence-electron chi connectivity index (χ2n) is 8.73. The van der Waals surface area contributed by atoms with E-state index in [1.54, 1.807) is 4.52 Å². The first-order valence-electron chi connectivity index (χ1n) is 11.1. The maximum Gasteiger partial charge on any atom is 0.255 e. The van der Waals surface area contributed by atoms with Crippen molar-refractivity contribution in [2.75, 3.05) is 18.8 Å². The maximum atomic E-state index is 12.9. The van der Waals surface area contributed by atoms with E-state index in [0.717, 1.165) is 43.5 Å². The summed E-state index contributed by atoms with van der Waals surface area (Å²) in [6, 6.07) is 2.89. The Bertz CT molecular complexity index is 1060. The summed E-state index contributed by atoms with van der Waals surface area (Å²) >= 11 is 0. The number of pyridine rings is 1. The summed E-state index contributed by atoms with van der Waals surface area (Å²) in [6.45, 7) is 10.7. The predicted molar refractivity (Wildman–Crippen MR) is 121 cm³/mol. The second-order valence-corrected chi connectivity index (χ2v) is 8.73. The van der Waals surface area contributed by atoms with Crippen LogP contribution in [0.2, 0.25) is 0 Å². The zero-order valence-corrected chi connectivity index (χ0v) is 18.7. The van der Waals surface area contributed by atoms with E-state index in [4.69, 9.17) is 5.73 Å². The molecule has 3 aromatic rings. The Kier molecular flexibility index (Phi) is 5.95. The number of hydrogen-bond acceptors (Lipinski definition) is 6. The molecule has 1 fully saturated rings. The third-order valence-electron chi connectivity index (χ3n) is 6.22. The van der Waals surface area contributed by atoms with Gasteiger partial charge in [-0.15, -0.1) is 5.10 Å². The molecule has 1 aliphatic rings. The number of hydrogen-bond donors (Lipinski definition) is 2. The van der Waals surface area contributed by atoms with Crippen molar-refractivity contribution >= 4 is 17.5 Å². The minimum atomic E-state index is -0.179. The third-order valence-corrected chi connectivity index (χ3v) is 6.22. The van der Waals surface area contributed by atoms with Gasteiger partial charge in [0.2, 0.25) is 5.95 Å². The lowest BCUT2D eigenvalue weighted by atomic mass is 10.0. The predicted octanol–water partition coefficient (Wildman–Crippen LogP) is 2.75. The zero-order valence-electron chi connectivity index (χ0n) is 18.7. The van der Waals surface area contributed by atoms with Crippen molar-refractivity contribution in [3.8, 4) is 11.1 Å². The van der Waals surface area contributed by atoms with Gasteiger partial charge in [-0.25, -0.2) is 4.52 Å². The molecule has 0 radical (unpaired) electrons. The number of amides is 1. The monoisotopic (exact) mass is 424 g/mol. The van der Waals surface area contributed by atoms with Crippen molar-refractivity contribution in [1.82, 2.24) is 34.6 Å². The van der Waals surface area contributed by atoms with Crippen molar-refractivity contribution in [2.45, 2.75) is 65.1 Å².